The Morgan fingerprint density at radius 1 is 0.920 bits per heavy atom. The normalized spacial score (nSPS) is 17.6. The molecule has 0 fully saturated rings. The fourth-order valence-corrected chi connectivity index (χ4v) is 5.09. The number of aryl methyl sites for hydroxylation is 1. The maximum absolute atomic E-state index is 12.6. The second-order valence-electron chi connectivity index (χ2n) is 6.17. The van der Waals surface area contributed by atoms with Crippen molar-refractivity contribution >= 4 is 20.0 Å². The van der Waals surface area contributed by atoms with Crippen LogP contribution < -0.4 is 4.72 Å². The molecule has 1 atom stereocenters. The van der Waals surface area contributed by atoms with Gasteiger partial charge in [-0.1, -0.05) is 24.3 Å². The van der Waals surface area contributed by atoms with E-state index in [4.69, 9.17) is 0 Å². The minimum atomic E-state index is -3.73. The average Bonchev–Trinajstić information content (AvgIpc) is 2.97. The Bertz CT molecular complexity index is 982. The molecule has 134 valence electrons. The molecule has 0 aromatic heterocycles. The molecule has 2 aromatic rings. The van der Waals surface area contributed by atoms with E-state index >= 15 is 0 Å². The molecule has 0 aliphatic heterocycles. The van der Waals surface area contributed by atoms with E-state index in [0.29, 0.717) is 6.42 Å². The predicted molar refractivity (Wildman–Crippen MR) is 95.1 cm³/mol. The van der Waals surface area contributed by atoms with Crippen LogP contribution in [0, 0.1) is 0 Å². The number of hydrogen-bond donors (Lipinski definition) is 1. The second kappa shape index (κ2) is 6.53. The van der Waals surface area contributed by atoms with Gasteiger partial charge >= 0.3 is 0 Å². The number of benzene rings is 2. The predicted octanol–water partition coefficient (Wildman–Crippen LogP) is 1.90. The van der Waals surface area contributed by atoms with Crippen LogP contribution in [0.2, 0.25) is 0 Å². The molecule has 0 amide bonds. The van der Waals surface area contributed by atoms with Crippen LogP contribution in [-0.2, 0) is 26.5 Å². The van der Waals surface area contributed by atoms with Gasteiger partial charge in [0.25, 0.3) is 0 Å². The van der Waals surface area contributed by atoms with Gasteiger partial charge in [-0.2, -0.15) is 0 Å². The van der Waals surface area contributed by atoms with Crippen molar-refractivity contribution in [3.05, 3.63) is 59.7 Å². The highest BCUT2D eigenvalue weighted by Crippen LogP contribution is 2.32. The Hall–Kier alpha value is -1.74. The summed E-state index contributed by atoms with van der Waals surface area (Å²) in [5, 5.41) is 0. The Morgan fingerprint density at radius 2 is 1.52 bits per heavy atom. The van der Waals surface area contributed by atoms with Crippen LogP contribution in [-0.4, -0.2) is 35.2 Å². The average molecular weight is 380 g/mol. The molecule has 0 radical (unpaired) electrons. The molecule has 0 saturated heterocycles. The smallest absolute Gasteiger partial charge is 0.207 e. The third-order valence-corrected chi connectivity index (χ3v) is 7.66. The van der Waals surface area contributed by atoms with E-state index in [-0.39, 0.29) is 15.8 Å². The summed E-state index contributed by atoms with van der Waals surface area (Å²) >= 11 is 0. The van der Waals surface area contributed by atoms with E-state index in [1.54, 1.807) is 0 Å². The first-order chi connectivity index (χ1) is 11.7. The number of nitrogens with zero attached hydrogens (tertiary/aromatic N) is 1. The van der Waals surface area contributed by atoms with Gasteiger partial charge in [0.1, 0.15) is 0 Å². The van der Waals surface area contributed by atoms with Gasteiger partial charge in [-0.25, -0.2) is 25.9 Å². The molecular weight excluding hydrogens is 360 g/mol. The standard InChI is InChI=1S/C17H20N2O4S2/c1-19(2)25(22,23)15-10-8-14(9-11-15)24(20,21)18-17-12-7-13-5-3-4-6-16(13)17/h3-6,8-11,17-18H,7,12H2,1-2H3/t17-/m1/s1. The molecule has 1 aliphatic carbocycles. The Morgan fingerprint density at radius 3 is 2.16 bits per heavy atom. The van der Waals surface area contributed by atoms with Gasteiger partial charge in [-0.15, -0.1) is 0 Å². The lowest BCUT2D eigenvalue weighted by Crippen LogP contribution is -2.27. The van der Waals surface area contributed by atoms with Gasteiger partial charge in [-0.3, -0.25) is 0 Å². The van der Waals surface area contributed by atoms with Crippen LogP contribution in [0.4, 0.5) is 0 Å². The van der Waals surface area contributed by atoms with Crippen LogP contribution in [0.1, 0.15) is 23.6 Å². The lowest BCUT2D eigenvalue weighted by atomic mass is 10.1. The van der Waals surface area contributed by atoms with Crippen molar-refractivity contribution in [3.8, 4) is 0 Å². The first kappa shape index (κ1) is 18.1. The van der Waals surface area contributed by atoms with Crippen molar-refractivity contribution in [2.24, 2.45) is 0 Å². The summed E-state index contributed by atoms with van der Waals surface area (Å²) in [6.07, 6.45) is 1.55. The van der Waals surface area contributed by atoms with Gasteiger partial charge in [0.05, 0.1) is 9.79 Å². The van der Waals surface area contributed by atoms with E-state index in [1.807, 2.05) is 24.3 Å². The van der Waals surface area contributed by atoms with Gasteiger partial charge in [0, 0.05) is 20.1 Å². The monoisotopic (exact) mass is 380 g/mol. The van der Waals surface area contributed by atoms with E-state index in [9.17, 15) is 16.8 Å². The summed E-state index contributed by atoms with van der Waals surface area (Å²) in [5.74, 6) is 0. The second-order valence-corrected chi connectivity index (χ2v) is 10.0. The zero-order valence-corrected chi connectivity index (χ0v) is 15.6. The van der Waals surface area contributed by atoms with Gasteiger partial charge in [-0.05, 0) is 48.2 Å². The van der Waals surface area contributed by atoms with Crippen LogP contribution >= 0.6 is 0 Å². The molecular formula is C17H20N2O4S2. The van der Waals surface area contributed by atoms with Crippen molar-refractivity contribution in [3.63, 3.8) is 0 Å². The van der Waals surface area contributed by atoms with E-state index < -0.39 is 20.0 Å². The Balaban J connectivity index is 1.84. The molecule has 25 heavy (non-hydrogen) atoms. The summed E-state index contributed by atoms with van der Waals surface area (Å²) in [7, 11) is -4.45. The van der Waals surface area contributed by atoms with Crippen LogP contribution in [0.25, 0.3) is 0 Å². The first-order valence-corrected chi connectivity index (χ1v) is 10.8. The molecule has 3 rings (SSSR count). The molecule has 1 aliphatic rings. The van der Waals surface area contributed by atoms with Crippen molar-refractivity contribution in [2.45, 2.75) is 28.7 Å². The van der Waals surface area contributed by atoms with Gasteiger partial charge in [0.2, 0.25) is 20.0 Å². The fourth-order valence-electron chi connectivity index (χ4n) is 2.94. The number of fused-ring (bicyclic) bond motifs is 1. The van der Waals surface area contributed by atoms with Crippen LogP contribution in [0.5, 0.6) is 0 Å². The summed E-state index contributed by atoms with van der Waals surface area (Å²) in [6.45, 7) is 0. The molecule has 6 nitrogen and oxygen atoms in total. The number of hydrogen-bond acceptors (Lipinski definition) is 4. The summed E-state index contributed by atoms with van der Waals surface area (Å²) in [4.78, 5) is 0.109. The third-order valence-electron chi connectivity index (χ3n) is 4.34. The highest BCUT2D eigenvalue weighted by Gasteiger charge is 2.27. The van der Waals surface area contributed by atoms with Crippen LogP contribution in [0.15, 0.2) is 58.3 Å². The maximum Gasteiger partial charge on any atom is 0.242 e. The summed E-state index contributed by atoms with van der Waals surface area (Å²) in [6, 6.07) is 12.8. The minimum Gasteiger partial charge on any atom is -0.207 e. The van der Waals surface area contributed by atoms with Crippen molar-refractivity contribution < 1.29 is 16.8 Å². The zero-order valence-electron chi connectivity index (χ0n) is 14.0. The molecule has 0 bridgehead atoms. The molecule has 0 spiro atoms. The Kier molecular flexibility index (Phi) is 4.72. The largest absolute Gasteiger partial charge is 0.242 e. The summed E-state index contributed by atoms with van der Waals surface area (Å²) < 4.78 is 53.2. The SMILES string of the molecule is CN(C)S(=O)(=O)c1ccc(S(=O)(=O)N[C@@H]2CCc3ccccc32)cc1. The van der Waals surface area contributed by atoms with E-state index in [2.05, 4.69) is 4.72 Å². The minimum absolute atomic E-state index is 0.0505. The molecule has 0 unspecified atom stereocenters. The number of sulfonamides is 2. The molecule has 0 heterocycles. The zero-order chi connectivity index (χ0) is 18.2. The van der Waals surface area contributed by atoms with Gasteiger partial charge in [0.15, 0.2) is 0 Å². The highest BCUT2D eigenvalue weighted by molar-refractivity contribution is 7.89. The summed E-state index contributed by atoms with van der Waals surface area (Å²) in [5.41, 5.74) is 2.15. The quantitative estimate of drug-likeness (QED) is 0.859. The number of nitrogens with one attached hydrogen (secondary N) is 1. The van der Waals surface area contributed by atoms with Crippen molar-refractivity contribution in [1.29, 1.82) is 0 Å². The highest BCUT2D eigenvalue weighted by atomic mass is 32.2. The topological polar surface area (TPSA) is 83.6 Å². The molecule has 8 heteroatoms. The lowest BCUT2D eigenvalue weighted by molar-refractivity contribution is 0.520. The lowest BCUT2D eigenvalue weighted by Gasteiger charge is -2.15. The van der Waals surface area contributed by atoms with Crippen molar-refractivity contribution in [2.75, 3.05) is 14.1 Å². The molecule has 0 saturated carbocycles. The van der Waals surface area contributed by atoms with E-state index in [0.717, 1.165) is 21.9 Å². The molecule has 1 N–H and O–H groups in total. The van der Waals surface area contributed by atoms with Crippen LogP contribution in [0.3, 0.4) is 0 Å². The Labute approximate surface area is 148 Å². The molecule has 2 aromatic carbocycles. The fraction of sp³-hybridized carbons (Fsp3) is 0.294. The third kappa shape index (κ3) is 3.48. The maximum atomic E-state index is 12.6. The van der Waals surface area contributed by atoms with Gasteiger partial charge < -0.3 is 0 Å². The van der Waals surface area contributed by atoms with E-state index in [1.165, 1.54) is 38.4 Å². The number of rotatable bonds is 5. The first-order valence-electron chi connectivity index (χ1n) is 7.84. The van der Waals surface area contributed by atoms with Crippen molar-refractivity contribution in [1.82, 2.24) is 9.03 Å².